The molecule has 0 aliphatic heterocycles. The molecule has 2 heteroatoms. The molecular weight excluding hydrogens is 260 g/mol. The van der Waals surface area contributed by atoms with E-state index in [-0.39, 0.29) is 0 Å². The molecule has 0 amide bonds. The Balaban J connectivity index is 1.98. The minimum absolute atomic E-state index is 0.617. The molecule has 0 radical (unpaired) electrons. The first kappa shape index (κ1) is 15.4. The molecule has 0 aromatic heterocycles. The predicted molar refractivity (Wildman–Crippen MR) is 87.3 cm³/mol. The van der Waals surface area contributed by atoms with Gasteiger partial charge in [0, 0.05) is 6.07 Å². The molecule has 2 aromatic carbocycles. The monoisotopic (exact) mass is 284 g/mol. The number of aryl methyl sites for hydroxylation is 1. The fourth-order valence-electron chi connectivity index (χ4n) is 2.11. The highest BCUT2D eigenvalue weighted by Gasteiger charge is 2.05. The summed E-state index contributed by atoms with van der Waals surface area (Å²) >= 11 is 0. The molecule has 0 bridgehead atoms. The van der Waals surface area contributed by atoms with E-state index >= 15 is 0 Å². The number of hydrogen-bond acceptors (Lipinski definition) is 2. The molecule has 0 atom stereocenters. The highest BCUT2D eigenvalue weighted by atomic mass is 16.5. The van der Waals surface area contributed by atoms with Crippen LogP contribution in [0.3, 0.4) is 0 Å². The molecule has 0 aliphatic rings. The maximum Gasteiger partial charge on any atom is 0.131 e. The van der Waals surface area contributed by atoms with Crippen LogP contribution in [0.4, 0.5) is 0 Å². The highest BCUT2D eigenvalue weighted by molar-refractivity contribution is 5.37. The van der Waals surface area contributed by atoms with Crippen molar-refractivity contribution in [3.63, 3.8) is 0 Å². The van der Waals surface area contributed by atoms with Crippen LogP contribution in [0.2, 0.25) is 0 Å². The Hall–Kier alpha value is -1.96. The number of rotatable bonds is 7. The van der Waals surface area contributed by atoms with Crippen molar-refractivity contribution in [2.75, 3.05) is 6.61 Å². The van der Waals surface area contributed by atoms with E-state index in [2.05, 4.69) is 20.8 Å². The Morgan fingerprint density at radius 2 is 1.52 bits per heavy atom. The van der Waals surface area contributed by atoms with E-state index in [4.69, 9.17) is 9.47 Å². The van der Waals surface area contributed by atoms with Gasteiger partial charge >= 0.3 is 0 Å². The number of hydrogen-bond donors (Lipinski definition) is 0. The van der Waals surface area contributed by atoms with Gasteiger partial charge in [-0.3, -0.25) is 0 Å². The fraction of sp³-hybridized carbons (Fsp3) is 0.368. The highest BCUT2D eigenvalue weighted by Crippen LogP contribution is 2.26. The zero-order valence-electron chi connectivity index (χ0n) is 13.1. The average Bonchev–Trinajstić information content (AvgIpc) is 2.51. The van der Waals surface area contributed by atoms with Crippen molar-refractivity contribution in [3.8, 4) is 17.2 Å². The summed E-state index contributed by atoms with van der Waals surface area (Å²) < 4.78 is 11.7. The topological polar surface area (TPSA) is 18.5 Å². The third-order valence-electron chi connectivity index (χ3n) is 3.70. The molecule has 0 fully saturated rings. The number of benzene rings is 2. The van der Waals surface area contributed by atoms with Gasteiger partial charge in [0.05, 0.1) is 6.61 Å². The van der Waals surface area contributed by atoms with Crippen molar-refractivity contribution >= 4 is 0 Å². The quantitative estimate of drug-likeness (QED) is 0.658. The summed E-state index contributed by atoms with van der Waals surface area (Å²) in [5.74, 6) is 3.14. The molecule has 0 saturated carbocycles. The second-order valence-corrected chi connectivity index (χ2v) is 5.38. The van der Waals surface area contributed by atoms with Crippen LogP contribution in [0.25, 0.3) is 0 Å². The summed E-state index contributed by atoms with van der Waals surface area (Å²) in [5, 5.41) is 0. The largest absolute Gasteiger partial charge is 0.493 e. The second kappa shape index (κ2) is 7.72. The summed E-state index contributed by atoms with van der Waals surface area (Å²) in [7, 11) is 0. The van der Waals surface area contributed by atoms with Crippen LogP contribution < -0.4 is 9.47 Å². The van der Waals surface area contributed by atoms with Crippen molar-refractivity contribution < 1.29 is 9.47 Å². The van der Waals surface area contributed by atoms with E-state index in [9.17, 15) is 0 Å². The van der Waals surface area contributed by atoms with Crippen molar-refractivity contribution in [2.24, 2.45) is 5.92 Å². The first-order valence-electron chi connectivity index (χ1n) is 7.68. The Labute approximate surface area is 127 Å². The zero-order chi connectivity index (χ0) is 15.1. The van der Waals surface area contributed by atoms with Crippen LogP contribution in [-0.4, -0.2) is 6.61 Å². The van der Waals surface area contributed by atoms with Crippen LogP contribution in [0.1, 0.15) is 32.3 Å². The summed E-state index contributed by atoms with van der Waals surface area (Å²) in [5.41, 5.74) is 1.23. The maximum absolute atomic E-state index is 5.87. The zero-order valence-corrected chi connectivity index (χ0v) is 13.1. The Kier molecular flexibility index (Phi) is 5.68. The lowest BCUT2D eigenvalue weighted by Gasteiger charge is -2.14. The average molecular weight is 284 g/mol. The van der Waals surface area contributed by atoms with E-state index < -0.39 is 0 Å². The van der Waals surface area contributed by atoms with Gasteiger partial charge in [-0.15, -0.1) is 0 Å². The van der Waals surface area contributed by atoms with Gasteiger partial charge in [0.1, 0.15) is 17.2 Å². The lowest BCUT2D eigenvalue weighted by atomic mass is 10.1. The molecule has 21 heavy (non-hydrogen) atoms. The molecule has 2 aromatic rings. The molecule has 112 valence electrons. The predicted octanol–water partition coefficient (Wildman–Crippen LogP) is 5.60. The van der Waals surface area contributed by atoms with Crippen molar-refractivity contribution in [2.45, 2.75) is 33.6 Å². The first-order valence-corrected chi connectivity index (χ1v) is 7.68. The lowest BCUT2D eigenvalue weighted by Crippen LogP contribution is -2.09. The Morgan fingerprint density at radius 1 is 0.857 bits per heavy atom. The van der Waals surface area contributed by atoms with E-state index in [1.54, 1.807) is 0 Å². The Morgan fingerprint density at radius 3 is 2.19 bits per heavy atom. The molecule has 2 rings (SSSR count). The molecule has 0 aliphatic carbocycles. The molecule has 0 saturated heterocycles. The summed E-state index contributed by atoms with van der Waals surface area (Å²) in [6.07, 6.45) is 2.30. The van der Waals surface area contributed by atoms with E-state index in [0.29, 0.717) is 5.92 Å². The maximum atomic E-state index is 5.87. The smallest absolute Gasteiger partial charge is 0.131 e. The molecular formula is C19H24O2. The van der Waals surface area contributed by atoms with Crippen LogP contribution in [-0.2, 0) is 0 Å². The summed E-state index contributed by atoms with van der Waals surface area (Å²) in [6, 6.07) is 15.9. The van der Waals surface area contributed by atoms with Crippen LogP contribution in [0, 0.1) is 12.8 Å². The van der Waals surface area contributed by atoms with Crippen molar-refractivity contribution in [3.05, 3.63) is 54.1 Å². The Bertz CT molecular complexity index is 542. The molecule has 0 spiro atoms. The molecule has 0 unspecified atom stereocenters. The van der Waals surface area contributed by atoms with Gasteiger partial charge in [0.25, 0.3) is 0 Å². The van der Waals surface area contributed by atoms with Gasteiger partial charge in [-0.2, -0.15) is 0 Å². The summed E-state index contributed by atoms with van der Waals surface area (Å²) in [6.45, 7) is 7.24. The standard InChI is InChI=1S/C19H24O2/c1-4-16(5-2)14-20-18-7-6-8-19(13-18)21-17-11-9-15(3)10-12-17/h6-13,16H,4-5,14H2,1-3H3. The normalized spacial score (nSPS) is 10.7. The summed E-state index contributed by atoms with van der Waals surface area (Å²) in [4.78, 5) is 0. The van der Waals surface area contributed by atoms with Gasteiger partial charge in [-0.25, -0.2) is 0 Å². The molecule has 0 heterocycles. The van der Waals surface area contributed by atoms with Gasteiger partial charge < -0.3 is 9.47 Å². The number of ether oxygens (including phenoxy) is 2. The van der Waals surface area contributed by atoms with E-state index in [0.717, 1.165) is 36.7 Å². The van der Waals surface area contributed by atoms with Crippen LogP contribution in [0.15, 0.2) is 48.5 Å². The van der Waals surface area contributed by atoms with Crippen LogP contribution in [0.5, 0.6) is 17.2 Å². The van der Waals surface area contributed by atoms with Crippen molar-refractivity contribution in [1.82, 2.24) is 0 Å². The second-order valence-electron chi connectivity index (χ2n) is 5.38. The first-order chi connectivity index (χ1) is 10.2. The third kappa shape index (κ3) is 4.82. The lowest BCUT2D eigenvalue weighted by molar-refractivity contribution is 0.240. The van der Waals surface area contributed by atoms with Gasteiger partial charge in [0.2, 0.25) is 0 Å². The van der Waals surface area contributed by atoms with Gasteiger partial charge in [-0.1, -0.05) is 50.5 Å². The SMILES string of the molecule is CCC(CC)COc1cccc(Oc2ccc(C)cc2)c1. The van der Waals surface area contributed by atoms with E-state index in [1.807, 2.05) is 48.5 Å². The molecule has 2 nitrogen and oxygen atoms in total. The van der Waals surface area contributed by atoms with Crippen molar-refractivity contribution in [1.29, 1.82) is 0 Å². The van der Waals surface area contributed by atoms with Gasteiger partial charge in [-0.05, 0) is 37.1 Å². The molecule has 0 N–H and O–H groups in total. The van der Waals surface area contributed by atoms with Gasteiger partial charge in [0.15, 0.2) is 0 Å². The van der Waals surface area contributed by atoms with Crippen LogP contribution >= 0.6 is 0 Å². The third-order valence-corrected chi connectivity index (χ3v) is 3.70. The minimum Gasteiger partial charge on any atom is -0.493 e. The van der Waals surface area contributed by atoms with E-state index in [1.165, 1.54) is 5.56 Å². The fourth-order valence-corrected chi connectivity index (χ4v) is 2.11. The minimum atomic E-state index is 0.617.